The van der Waals surface area contributed by atoms with Crippen molar-refractivity contribution >= 4 is 26.6 Å². The zero-order valence-corrected chi connectivity index (χ0v) is 18.3. The maximum absolute atomic E-state index is 12.9. The number of nitrogens with one attached hydrogen (secondary N) is 1. The zero-order valence-electron chi connectivity index (χ0n) is 17.5. The first-order chi connectivity index (χ1) is 14.5. The molecule has 1 aromatic carbocycles. The molecule has 1 N–H and O–H groups in total. The highest BCUT2D eigenvalue weighted by atomic mass is 32.2. The zero-order chi connectivity index (χ0) is 20.8. The Bertz CT molecular complexity index is 1030. The topological polar surface area (TPSA) is 73.5 Å². The molecule has 1 spiro atoms. The van der Waals surface area contributed by atoms with Gasteiger partial charge in [0.2, 0.25) is 5.91 Å². The van der Waals surface area contributed by atoms with Crippen molar-refractivity contribution in [3.8, 4) is 0 Å². The maximum atomic E-state index is 12.9. The minimum Gasteiger partial charge on any atom is -0.361 e. The molecule has 5 rings (SSSR count). The maximum Gasteiger partial charge on any atom is 0.222 e. The van der Waals surface area contributed by atoms with Crippen molar-refractivity contribution in [3.63, 3.8) is 0 Å². The molecule has 2 aromatic rings. The van der Waals surface area contributed by atoms with Gasteiger partial charge in [0.15, 0.2) is 9.84 Å². The second kappa shape index (κ2) is 7.68. The highest BCUT2D eigenvalue weighted by molar-refractivity contribution is 7.93. The van der Waals surface area contributed by atoms with Crippen LogP contribution in [0.1, 0.15) is 37.7 Å². The summed E-state index contributed by atoms with van der Waals surface area (Å²) in [7, 11) is -3.11. The Balaban J connectivity index is 1.17. The average molecular weight is 430 g/mol. The third-order valence-electron chi connectivity index (χ3n) is 7.56. The normalized spacial score (nSPS) is 25.2. The summed E-state index contributed by atoms with van der Waals surface area (Å²) < 4.78 is 25.0. The first-order valence-corrected chi connectivity index (χ1v) is 12.9. The Morgan fingerprint density at radius 1 is 1.17 bits per heavy atom. The smallest absolute Gasteiger partial charge is 0.222 e. The fraction of sp³-hybridized carbons (Fsp3) is 0.609. The van der Waals surface area contributed by atoms with Gasteiger partial charge in [-0.05, 0) is 62.7 Å². The van der Waals surface area contributed by atoms with Gasteiger partial charge in [-0.1, -0.05) is 18.2 Å². The molecule has 1 unspecified atom stereocenters. The van der Waals surface area contributed by atoms with Gasteiger partial charge in [0, 0.05) is 43.2 Å². The third kappa shape index (κ3) is 3.36. The number of hydrogen-bond acceptors (Lipinski definition) is 4. The van der Waals surface area contributed by atoms with Crippen molar-refractivity contribution in [2.45, 2.75) is 43.3 Å². The second-order valence-electron chi connectivity index (χ2n) is 9.34. The molecule has 6 nitrogen and oxygen atoms in total. The molecule has 3 aliphatic heterocycles. The lowest BCUT2D eigenvalue weighted by atomic mass is 9.82. The van der Waals surface area contributed by atoms with Crippen LogP contribution in [0.25, 0.3) is 10.9 Å². The fourth-order valence-electron chi connectivity index (χ4n) is 5.71. The number of amides is 1. The molecule has 0 bridgehead atoms. The number of carbonyl (C=O) groups is 1. The number of aromatic nitrogens is 1. The molecule has 3 saturated heterocycles. The van der Waals surface area contributed by atoms with E-state index in [1.165, 1.54) is 23.8 Å². The van der Waals surface area contributed by atoms with E-state index < -0.39 is 14.6 Å². The first-order valence-electron chi connectivity index (χ1n) is 11.3. The predicted molar refractivity (Wildman–Crippen MR) is 118 cm³/mol. The molecule has 0 radical (unpaired) electrons. The summed E-state index contributed by atoms with van der Waals surface area (Å²) >= 11 is 0. The Morgan fingerprint density at radius 2 is 1.93 bits per heavy atom. The third-order valence-corrected chi connectivity index (χ3v) is 10.2. The molecule has 162 valence electrons. The van der Waals surface area contributed by atoms with E-state index in [1.807, 2.05) is 18.3 Å². The summed E-state index contributed by atoms with van der Waals surface area (Å²) in [6, 6.07) is 8.21. The number of para-hydroxylation sites is 1. The Morgan fingerprint density at radius 3 is 2.73 bits per heavy atom. The van der Waals surface area contributed by atoms with Gasteiger partial charge in [0.1, 0.15) is 4.75 Å². The first kappa shape index (κ1) is 20.1. The molecule has 4 heterocycles. The van der Waals surface area contributed by atoms with Crippen LogP contribution in [0.15, 0.2) is 30.5 Å². The number of hydrogen-bond donors (Lipinski definition) is 1. The van der Waals surface area contributed by atoms with Gasteiger partial charge in [-0.3, -0.25) is 4.79 Å². The van der Waals surface area contributed by atoms with Crippen LogP contribution in [0.4, 0.5) is 0 Å². The van der Waals surface area contributed by atoms with Gasteiger partial charge in [-0.2, -0.15) is 0 Å². The molecule has 1 amide bonds. The SMILES string of the molecule is O=C(CCCc1c[nH]c2ccccc12)N1CC2(C1)C(CN1CCCC1)CCS2(=O)=O. The lowest BCUT2D eigenvalue weighted by Crippen LogP contribution is -2.69. The van der Waals surface area contributed by atoms with Gasteiger partial charge >= 0.3 is 0 Å². The molecule has 3 aliphatic rings. The van der Waals surface area contributed by atoms with Gasteiger partial charge in [-0.15, -0.1) is 0 Å². The molecule has 0 aliphatic carbocycles. The van der Waals surface area contributed by atoms with E-state index in [1.54, 1.807) is 4.90 Å². The van der Waals surface area contributed by atoms with Crippen LogP contribution in [-0.4, -0.2) is 72.3 Å². The number of sulfone groups is 1. The number of aryl methyl sites for hydroxylation is 1. The average Bonchev–Trinajstić information content (AvgIpc) is 3.40. The highest BCUT2D eigenvalue weighted by Crippen LogP contribution is 2.45. The van der Waals surface area contributed by atoms with E-state index in [4.69, 9.17) is 0 Å². The lowest BCUT2D eigenvalue weighted by Gasteiger charge is -2.50. The Hall–Kier alpha value is -1.86. The summed E-state index contributed by atoms with van der Waals surface area (Å²) in [5.74, 6) is 0.562. The highest BCUT2D eigenvalue weighted by Gasteiger charge is 2.62. The van der Waals surface area contributed by atoms with E-state index in [0.717, 1.165) is 44.4 Å². The monoisotopic (exact) mass is 429 g/mol. The minimum atomic E-state index is -3.11. The van der Waals surface area contributed by atoms with Gasteiger partial charge < -0.3 is 14.8 Å². The molecule has 0 saturated carbocycles. The van der Waals surface area contributed by atoms with Crippen LogP contribution in [-0.2, 0) is 21.1 Å². The van der Waals surface area contributed by atoms with Crippen LogP contribution >= 0.6 is 0 Å². The van der Waals surface area contributed by atoms with E-state index in [9.17, 15) is 13.2 Å². The fourth-order valence-corrected chi connectivity index (χ4v) is 8.12. The summed E-state index contributed by atoms with van der Waals surface area (Å²) in [6.45, 7) is 3.85. The number of benzene rings is 1. The van der Waals surface area contributed by atoms with Crippen LogP contribution in [0.3, 0.4) is 0 Å². The van der Waals surface area contributed by atoms with Crippen LogP contribution in [0.5, 0.6) is 0 Å². The van der Waals surface area contributed by atoms with Crippen LogP contribution in [0, 0.1) is 5.92 Å². The molecular weight excluding hydrogens is 398 g/mol. The van der Waals surface area contributed by atoms with Gasteiger partial charge in [0.05, 0.1) is 5.75 Å². The molecule has 7 heteroatoms. The van der Waals surface area contributed by atoms with Crippen molar-refractivity contribution in [3.05, 3.63) is 36.0 Å². The number of H-pyrrole nitrogens is 1. The molecule has 30 heavy (non-hydrogen) atoms. The second-order valence-corrected chi connectivity index (χ2v) is 11.8. The summed E-state index contributed by atoms with van der Waals surface area (Å²) in [4.78, 5) is 20.2. The molecule has 1 atom stereocenters. The van der Waals surface area contributed by atoms with Crippen molar-refractivity contribution < 1.29 is 13.2 Å². The number of fused-ring (bicyclic) bond motifs is 1. The van der Waals surface area contributed by atoms with E-state index in [0.29, 0.717) is 19.5 Å². The van der Waals surface area contributed by atoms with Gasteiger partial charge in [-0.25, -0.2) is 8.42 Å². The molecule has 3 fully saturated rings. The molecule has 1 aromatic heterocycles. The number of carbonyl (C=O) groups excluding carboxylic acids is 1. The van der Waals surface area contributed by atoms with Crippen molar-refractivity contribution in [1.82, 2.24) is 14.8 Å². The predicted octanol–water partition coefficient (Wildman–Crippen LogP) is 2.60. The summed E-state index contributed by atoms with van der Waals surface area (Å²) in [5.41, 5.74) is 2.36. The van der Waals surface area contributed by atoms with E-state index >= 15 is 0 Å². The number of nitrogens with zero attached hydrogens (tertiary/aromatic N) is 2. The Labute approximate surface area is 178 Å². The largest absolute Gasteiger partial charge is 0.361 e. The van der Waals surface area contributed by atoms with Gasteiger partial charge in [0.25, 0.3) is 0 Å². The standard InChI is InChI=1S/C23H31N3O3S/c27-22(9-5-6-18-14-24-21-8-2-1-7-20(18)21)26-16-23(17-26)19(10-13-30(23,28)29)15-25-11-3-4-12-25/h1-2,7-8,14,19,24H,3-6,9-13,15-17H2. The lowest BCUT2D eigenvalue weighted by molar-refractivity contribution is -0.137. The van der Waals surface area contributed by atoms with E-state index in [2.05, 4.69) is 22.0 Å². The number of likely N-dealkylation sites (tertiary alicyclic amines) is 2. The van der Waals surface area contributed by atoms with Crippen LogP contribution < -0.4 is 0 Å². The summed E-state index contributed by atoms with van der Waals surface area (Å²) in [5, 5.41) is 1.22. The Kier molecular flexibility index (Phi) is 5.14. The molecular formula is C23H31N3O3S. The van der Waals surface area contributed by atoms with Crippen LogP contribution in [0.2, 0.25) is 0 Å². The van der Waals surface area contributed by atoms with Crippen molar-refractivity contribution in [1.29, 1.82) is 0 Å². The van der Waals surface area contributed by atoms with Crippen molar-refractivity contribution in [2.75, 3.05) is 38.5 Å². The number of rotatable bonds is 6. The van der Waals surface area contributed by atoms with E-state index in [-0.39, 0.29) is 17.6 Å². The quantitative estimate of drug-likeness (QED) is 0.766. The van der Waals surface area contributed by atoms with Crippen molar-refractivity contribution in [2.24, 2.45) is 5.92 Å². The number of aromatic amines is 1. The minimum absolute atomic E-state index is 0.0995. The summed E-state index contributed by atoms with van der Waals surface area (Å²) in [6.07, 6.45) is 7.33.